The lowest BCUT2D eigenvalue weighted by atomic mass is 10.0. The number of H-pyrrole nitrogens is 1. The lowest BCUT2D eigenvalue weighted by Crippen LogP contribution is -2.33. The highest BCUT2D eigenvalue weighted by Gasteiger charge is 2.20. The predicted octanol–water partition coefficient (Wildman–Crippen LogP) is 2.34. The summed E-state index contributed by atoms with van der Waals surface area (Å²) in [6, 6.07) is 7.65. The molecule has 3 aromatic rings. The van der Waals surface area contributed by atoms with Crippen LogP contribution in [0.5, 0.6) is 0 Å². The summed E-state index contributed by atoms with van der Waals surface area (Å²) in [7, 11) is 0. The van der Waals surface area contributed by atoms with E-state index >= 15 is 0 Å². The van der Waals surface area contributed by atoms with Gasteiger partial charge in [-0.2, -0.15) is 0 Å². The van der Waals surface area contributed by atoms with Crippen LogP contribution < -0.4 is 16.6 Å². The number of hydrogen-bond acceptors (Lipinski definition) is 4. The van der Waals surface area contributed by atoms with Gasteiger partial charge in [-0.15, -0.1) is 0 Å². The zero-order valence-electron chi connectivity index (χ0n) is 16.6. The number of halogens is 1. The molecule has 0 radical (unpaired) electrons. The summed E-state index contributed by atoms with van der Waals surface area (Å²) in [6.45, 7) is 6.24. The fourth-order valence-corrected chi connectivity index (χ4v) is 3.13. The molecule has 0 aliphatic rings. The van der Waals surface area contributed by atoms with Gasteiger partial charge in [0.1, 0.15) is 5.82 Å². The number of carbonyl (C=O) groups is 1. The van der Waals surface area contributed by atoms with E-state index in [1.54, 1.807) is 25.1 Å². The number of aromatic amines is 1. The molecule has 0 aliphatic carbocycles. The largest absolute Gasteiger partial charge is 0.352 e. The van der Waals surface area contributed by atoms with Crippen molar-refractivity contribution < 1.29 is 9.18 Å². The Labute approximate surface area is 166 Å². The third kappa shape index (κ3) is 4.26. The summed E-state index contributed by atoms with van der Waals surface area (Å²) < 4.78 is 14.4. The SMILES string of the molecule is CCn1c(=O)[nH]c(=O)c2c(C(=O)NCCc3ccc(F)cc3)cc(C(C)C)nc21. The average molecular weight is 398 g/mol. The van der Waals surface area contributed by atoms with Crippen molar-refractivity contribution in [3.63, 3.8) is 0 Å². The van der Waals surface area contributed by atoms with Crippen LogP contribution >= 0.6 is 0 Å². The third-order valence-corrected chi connectivity index (χ3v) is 4.73. The number of carbonyl (C=O) groups excluding carboxylic acids is 1. The molecule has 29 heavy (non-hydrogen) atoms. The molecule has 1 amide bonds. The summed E-state index contributed by atoms with van der Waals surface area (Å²) >= 11 is 0. The third-order valence-electron chi connectivity index (χ3n) is 4.73. The van der Waals surface area contributed by atoms with E-state index in [9.17, 15) is 18.8 Å². The first-order valence-electron chi connectivity index (χ1n) is 9.52. The summed E-state index contributed by atoms with van der Waals surface area (Å²) in [5.41, 5.74) is 0.694. The van der Waals surface area contributed by atoms with Crippen LogP contribution in [0.2, 0.25) is 0 Å². The molecule has 2 heterocycles. The van der Waals surface area contributed by atoms with Crippen molar-refractivity contribution in [3.05, 3.63) is 73.8 Å². The monoisotopic (exact) mass is 398 g/mol. The van der Waals surface area contributed by atoms with Crippen LogP contribution in [0.3, 0.4) is 0 Å². The predicted molar refractivity (Wildman–Crippen MR) is 109 cm³/mol. The number of nitrogens with one attached hydrogen (secondary N) is 2. The van der Waals surface area contributed by atoms with Gasteiger partial charge in [0.05, 0.1) is 10.9 Å². The van der Waals surface area contributed by atoms with Crippen molar-refractivity contribution in [2.75, 3.05) is 6.54 Å². The first-order chi connectivity index (χ1) is 13.8. The molecule has 0 unspecified atom stereocenters. The minimum absolute atomic E-state index is 0.00450. The maximum absolute atomic E-state index is 13.0. The molecule has 0 spiro atoms. The Morgan fingerprint density at radius 3 is 2.55 bits per heavy atom. The highest BCUT2D eigenvalue weighted by Crippen LogP contribution is 2.19. The van der Waals surface area contributed by atoms with Crippen LogP contribution in [0, 0.1) is 5.82 Å². The zero-order valence-corrected chi connectivity index (χ0v) is 16.6. The molecule has 0 aliphatic heterocycles. The van der Waals surface area contributed by atoms with E-state index in [-0.39, 0.29) is 28.3 Å². The number of benzene rings is 1. The normalized spacial score (nSPS) is 11.2. The highest BCUT2D eigenvalue weighted by molar-refractivity contribution is 6.05. The second-order valence-electron chi connectivity index (χ2n) is 7.08. The van der Waals surface area contributed by atoms with Gasteiger partial charge in [-0.3, -0.25) is 19.1 Å². The molecule has 0 saturated heterocycles. The van der Waals surface area contributed by atoms with Crippen molar-refractivity contribution in [1.82, 2.24) is 19.9 Å². The van der Waals surface area contributed by atoms with Gasteiger partial charge in [0.15, 0.2) is 5.65 Å². The average Bonchev–Trinajstić information content (AvgIpc) is 2.68. The first-order valence-corrected chi connectivity index (χ1v) is 9.52. The maximum Gasteiger partial charge on any atom is 0.329 e. The Morgan fingerprint density at radius 1 is 1.24 bits per heavy atom. The van der Waals surface area contributed by atoms with E-state index in [0.29, 0.717) is 25.2 Å². The Kier molecular flexibility index (Phi) is 5.91. The van der Waals surface area contributed by atoms with Gasteiger partial charge in [0.2, 0.25) is 0 Å². The first kappa shape index (κ1) is 20.4. The molecule has 0 atom stereocenters. The molecule has 7 nitrogen and oxygen atoms in total. The lowest BCUT2D eigenvalue weighted by Gasteiger charge is -2.14. The van der Waals surface area contributed by atoms with E-state index in [1.807, 2.05) is 13.8 Å². The minimum atomic E-state index is -0.638. The number of aromatic nitrogens is 3. The molecule has 2 aromatic heterocycles. The van der Waals surface area contributed by atoms with Crippen molar-refractivity contribution >= 4 is 16.9 Å². The van der Waals surface area contributed by atoms with Gasteiger partial charge in [-0.25, -0.2) is 14.2 Å². The summed E-state index contributed by atoms with van der Waals surface area (Å²) in [5.74, 6) is -0.735. The van der Waals surface area contributed by atoms with Crippen molar-refractivity contribution in [2.45, 2.75) is 39.7 Å². The van der Waals surface area contributed by atoms with E-state index in [1.165, 1.54) is 16.7 Å². The number of amides is 1. The Hall–Kier alpha value is -3.29. The summed E-state index contributed by atoms with van der Waals surface area (Å²) in [5, 5.41) is 2.89. The highest BCUT2D eigenvalue weighted by atomic mass is 19.1. The Bertz CT molecular complexity index is 1160. The van der Waals surface area contributed by atoms with Gasteiger partial charge < -0.3 is 5.32 Å². The molecule has 0 bridgehead atoms. The molecule has 2 N–H and O–H groups in total. The number of hydrogen-bond donors (Lipinski definition) is 2. The quantitative estimate of drug-likeness (QED) is 0.666. The molecule has 1 aromatic carbocycles. The summed E-state index contributed by atoms with van der Waals surface area (Å²) in [4.78, 5) is 44.2. The van der Waals surface area contributed by atoms with E-state index in [0.717, 1.165) is 5.56 Å². The van der Waals surface area contributed by atoms with Crippen LogP contribution in [0.1, 0.15) is 48.3 Å². The summed E-state index contributed by atoms with van der Waals surface area (Å²) in [6.07, 6.45) is 0.516. The number of pyridine rings is 1. The molecule has 8 heteroatoms. The number of fused-ring (bicyclic) bond motifs is 1. The Balaban J connectivity index is 1.98. The smallest absolute Gasteiger partial charge is 0.329 e. The zero-order chi connectivity index (χ0) is 21.1. The van der Waals surface area contributed by atoms with Crippen molar-refractivity contribution in [1.29, 1.82) is 0 Å². The second-order valence-corrected chi connectivity index (χ2v) is 7.08. The number of nitrogens with zero attached hydrogens (tertiary/aromatic N) is 2. The number of rotatable bonds is 6. The van der Waals surface area contributed by atoms with E-state index in [2.05, 4.69) is 15.3 Å². The molecule has 0 fully saturated rings. The van der Waals surface area contributed by atoms with Crippen LogP contribution in [0.25, 0.3) is 11.0 Å². The van der Waals surface area contributed by atoms with Gasteiger partial charge in [-0.1, -0.05) is 26.0 Å². The standard InChI is InChI=1S/C21H23FN4O3/c1-4-26-18-17(20(28)25-21(26)29)15(11-16(24-18)12(2)3)19(27)23-10-9-13-5-7-14(22)8-6-13/h5-8,11-12H,4,9-10H2,1-3H3,(H,23,27)(H,25,28,29). The van der Waals surface area contributed by atoms with E-state index < -0.39 is 17.2 Å². The van der Waals surface area contributed by atoms with Crippen LogP contribution in [-0.4, -0.2) is 27.0 Å². The molecule has 152 valence electrons. The van der Waals surface area contributed by atoms with Gasteiger partial charge >= 0.3 is 5.69 Å². The molecular weight excluding hydrogens is 375 g/mol. The number of aryl methyl sites for hydroxylation is 1. The van der Waals surface area contributed by atoms with Crippen LogP contribution in [-0.2, 0) is 13.0 Å². The molecule has 0 saturated carbocycles. The van der Waals surface area contributed by atoms with Crippen molar-refractivity contribution in [2.24, 2.45) is 0 Å². The van der Waals surface area contributed by atoms with Crippen molar-refractivity contribution in [3.8, 4) is 0 Å². The van der Waals surface area contributed by atoms with Gasteiger partial charge in [-0.05, 0) is 43.0 Å². The maximum atomic E-state index is 13.0. The van der Waals surface area contributed by atoms with Crippen LogP contribution in [0.4, 0.5) is 4.39 Å². The van der Waals surface area contributed by atoms with E-state index in [4.69, 9.17) is 0 Å². The second kappa shape index (κ2) is 8.38. The fraction of sp³-hybridized carbons (Fsp3) is 0.333. The Morgan fingerprint density at radius 2 is 1.93 bits per heavy atom. The molecule has 3 rings (SSSR count). The van der Waals surface area contributed by atoms with Crippen LogP contribution in [0.15, 0.2) is 39.9 Å². The van der Waals surface area contributed by atoms with Gasteiger partial charge in [0, 0.05) is 18.8 Å². The molecular formula is C21H23FN4O3. The fourth-order valence-electron chi connectivity index (χ4n) is 3.13. The minimum Gasteiger partial charge on any atom is -0.352 e. The van der Waals surface area contributed by atoms with Gasteiger partial charge in [0.25, 0.3) is 11.5 Å². The topological polar surface area (TPSA) is 96.9 Å². The lowest BCUT2D eigenvalue weighted by molar-refractivity contribution is 0.0955.